The van der Waals surface area contributed by atoms with Crippen LogP contribution in [0.15, 0.2) is 54.6 Å². The lowest BCUT2D eigenvalue weighted by molar-refractivity contribution is -0.135. The number of rotatable bonds is 16. The summed E-state index contributed by atoms with van der Waals surface area (Å²) in [6.45, 7) is 9.25. The average molecular weight is 836 g/mol. The quantitative estimate of drug-likeness (QED) is 0.0855. The molecule has 3 fully saturated rings. The molecule has 0 radical (unpaired) electrons. The van der Waals surface area contributed by atoms with Gasteiger partial charge in [0.25, 0.3) is 11.8 Å². The second-order valence-electron chi connectivity index (χ2n) is 17.2. The van der Waals surface area contributed by atoms with Crippen molar-refractivity contribution in [2.24, 2.45) is 0 Å². The summed E-state index contributed by atoms with van der Waals surface area (Å²) in [6.07, 6.45) is 9.20. The maximum Gasteiger partial charge on any atom is 0.262 e. The first-order valence-corrected chi connectivity index (χ1v) is 22.3. The van der Waals surface area contributed by atoms with Gasteiger partial charge in [-0.25, -0.2) is 4.98 Å². The number of piperidine rings is 1. The molecule has 1 saturated carbocycles. The molecular formula is C47H61N7O7. The van der Waals surface area contributed by atoms with E-state index in [1.807, 2.05) is 36.1 Å². The smallest absolute Gasteiger partial charge is 0.262 e. The zero-order valence-corrected chi connectivity index (χ0v) is 35.5. The molecule has 2 saturated heterocycles. The number of benzene rings is 3. The third-order valence-corrected chi connectivity index (χ3v) is 12.8. The summed E-state index contributed by atoms with van der Waals surface area (Å²) in [7, 11) is 0. The van der Waals surface area contributed by atoms with Gasteiger partial charge in [-0.2, -0.15) is 0 Å². The molecule has 326 valence electrons. The number of imidazole rings is 1. The first kappa shape index (κ1) is 42.7. The van der Waals surface area contributed by atoms with E-state index in [1.165, 1.54) is 17.5 Å². The van der Waals surface area contributed by atoms with Crippen molar-refractivity contribution in [3.8, 4) is 11.5 Å². The number of aromatic amines is 1. The number of carbonyl (C=O) groups excluding carboxylic acids is 3. The molecule has 4 heterocycles. The first-order valence-electron chi connectivity index (χ1n) is 22.3. The molecule has 8 rings (SSSR count). The zero-order valence-electron chi connectivity index (χ0n) is 35.5. The lowest BCUT2D eigenvalue weighted by Crippen LogP contribution is -2.57. The van der Waals surface area contributed by atoms with Gasteiger partial charge < -0.3 is 44.7 Å². The normalized spacial score (nSPS) is 18.2. The van der Waals surface area contributed by atoms with Crippen LogP contribution in [0, 0.1) is 6.92 Å². The van der Waals surface area contributed by atoms with Gasteiger partial charge in [0.1, 0.15) is 17.3 Å². The number of aromatic hydroxyl groups is 1. The third-order valence-electron chi connectivity index (χ3n) is 12.8. The van der Waals surface area contributed by atoms with Gasteiger partial charge in [0.05, 0.1) is 49.4 Å². The van der Waals surface area contributed by atoms with Crippen molar-refractivity contribution in [2.45, 2.75) is 89.3 Å². The molecule has 1 spiro atoms. The Labute approximate surface area is 358 Å². The van der Waals surface area contributed by atoms with E-state index in [0.717, 1.165) is 87.0 Å². The number of aryl methyl sites for hydroxylation is 1. The number of likely N-dealkylation sites (tertiary alicyclic amines) is 1. The third kappa shape index (κ3) is 10.7. The molecule has 1 aromatic heterocycles. The molecule has 1 aliphatic carbocycles. The predicted octanol–water partition coefficient (Wildman–Crippen LogP) is 5.36. The Bertz CT molecular complexity index is 2160. The Hall–Kier alpha value is -5.02. The number of anilines is 1. The Balaban J connectivity index is 0.746. The summed E-state index contributed by atoms with van der Waals surface area (Å²) >= 11 is 0. The highest BCUT2D eigenvalue weighted by molar-refractivity contribution is 5.98. The van der Waals surface area contributed by atoms with Gasteiger partial charge >= 0.3 is 0 Å². The van der Waals surface area contributed by atoms with E-state index in [-0.39, 0.29) is 41.7 Å². The molecule has 0 bridgehead atoms. The van der Waals surface area contributed by atoms with Gasteiger partial charge in [-0.15, -0.1) is 0 Å². The second kappa shape index (κ2) is 19.8. The number of ether oxygens (including phenoxy) is 3. The number of nitrogens with one attached hydrogen (secondary N) is 3. The maximum absolute atomic E-state index is 13.6. The van der Waals surface area contributed by atoms with Gasteiger partial charge in [0.2, 0.25) is 5.91 Å². The minimum Gasteiger partial charge on any atom is -0.506 e. The zero-order chi connectivity index (χ0) is 42.2. The molecular weight excluding hydrogens is 775 g/mol. The SMILES string of the molecule is Cc1nc2cc(C(=O)N3CCOC4(CCN(Cc5cccc(CCOCCC(=O)N(CCNCCc6ccc(O)c7c6OCC(=O)N7)C6CCCCC6)c5)CC4)C3)ccc2[nH]1. The largest absolute Gasteiger partial charge is 0.506 e. The van der Waals surface area contributed by atoms with Crippen LogP contribution in [0.1, 0.15) is 84.2 Å². The Kier molecular flexibility index (Phi) is 13.8. The first-order chi connectivity index (χ1) is 29.7. The van der Waals surface area contributed by atoms with Crippen LogP contribution in [0.25, 0.3) is 11.0 Å². The molecule has 3 aliphatic heterocycles. The number of fused-ring (bicyclic) bond motifs is 2. The maximum atomic E-state index is 13.6. The Morgan fingerprint density at radius 2 is 1.84 bits per heavy atom. The number of amides is 3. The fourth-order valence-corrected chi connectivity index (χ4v) is 9.49. The van der Waals surface area contributed by atoms with Crippen molar-refractivity contribution in [1.82, 2.24) is 30.0 Å². The number of morpholine rings is 1. The number of nitrogens with zero attached hydrogens (tertiary/aromatic N) is 4. The molecule has 14 heteroatoms. The second-order valence-corrected chi connectivity index (χ2v) is 17.2. The van der Waals surface area contributed by atoms with E-state index in [1.54, 1.807) is 6.07 Å². The van der Waals surface area contributed by atoms with Crippen molar-refractivity contribution in [3.63, 3.8) is 0 Å². The molecule has 4 aromatic rings. The number of aromatic nitrogens is 2. The summed E-state index contributed by atoms with van der Waals surface area (Å²) in [5.41, 5.74) is 5.86. The lowest BCUT2D eigenvalue weighted by atomic mass is 9.88. The number of phenols is 1. The molecule has 14 nitrogen and oxygen atoms in total. The summed E-state index contributed by atoms with van der Waals surface area (Å²) < 4.78 is 18.1. The van der Waals surface area contributed by atoms with E-state index in [0.29, 0.717) is 82.4 Å². The number of carbonyl (C=O) groups is 3. The van der Waals surface area contributed by atoms with Gasteiger partial charge in [-0.1, -0.05) is 49.6 Å². The van der Waals surface area contributed by atoms with E-state index < -0.39 is 0 Å². The van der Waals surface area contributed by atoms with Crippen LogP contribution in [0.2, 0.25) is 0 Å². The highest BCUT2D eigenvalue weighted by Gasteiger charge is 2.41. The minimum absolute atomic E-state index is 0.00549. The lowest BCUT2D eigenvalue weighted by Gasteiger charge is -2.47. The number of hydrogen-bond acceptors (Lipinski definition) is 10. The minimum atomic E-state index is -0.309. The highest BCUT2D eigenvalue weighted by Crippen LogP contribution is 2.39. The van der Waals surface area contributed by atoms with Gasteiger partial charge in [0.15, 0.2) is 12.4 Å². The number of H-pyrrole nitrogens is 1. The fourth-order valence-electron chi connectivity index (χ4n) is 9.49. The average Bonchev–Trinajstić information content (AvgIpc) is 3.66. The van der Waals surface area contributed by atoms with Gasteiger partial charge in [-0.05, 0) is 92.9 Å². The van der Waals surface area contributed by atoms with Crippen molar-refractivity contribution in [2.75, 3.05) is 77.6 Å². The van der Waals surface area contributed by atoms with Crippen molar-refractivity contribution in [3.05, 3.63) is 82.7 Å². The van der Waals surface area contributed by atoms with E-state index in [9.17, 15) is 19.5 Å². The molecule has 0 atom stereocenters. The molecule has 3 amide bonds. The Morgan fingerprint density at radius 3 is 2.69 bits per heavy atom. The topological polar surface area (TPSA) is 162 Å². The van der Waals surface area contributed by atoms with Gasteiger partial charge in [0, 0.05) is 50.9 Å². The molecule has 4 N–H and O–H groups in total. The van der Waals surface area contributed by atoms with Crippen LogP contribution in [0.4, 0.5) is 5.69 Å². The Morgan fingerprint density at radius 1 is 1.00 bits per heavy atom. The standard InChI is InChI=1S/C47H61N7O7/c1-33-49-39-12-10-37(29-40(39)50-33)46(58)53-24-27-61-47(32-53)17-21-52(22-18-47)30-35-7-5-6-34(28-35)15-25-59-26-16-43(57)54(38-8-3-2-4-9-38)23-20-48-19-14-36-11-13-41(55)44-45(36)60-31-42(56)51-44/h5-7,10-13,28-29,38,48,55H,2-4,8-9,14-27,30-32H2,1H3,(H,49,50)(H,51,56). The van der Waals surface area contributed by atoms with Crippen LogP contribution in [0.5, 0.6) is 11.5 Å². The molecule has 4 aliphatic rings. The van der Waals surface area contributed by atoms with Crippen molar-refractivity contribution >= 4 is 34.4 Å². The highest BCUT2D eigenvalue weighted by atomic mass is 16.5. The summed E-state index contributed by atoms with van der Waals surface area (Å²) in [5.74, 6) is 1.27. The number of phenolic OH excluding ortho intramolecular Hbond substituents is 1. The van der Waals surface area contributed by atoms with Crippen LogP contribution in [-0.2, 0) is 38.4 Å². The molecule has 61 heavy (non-hydrogen) atoms. The summed E-state index contributed by atoms with van der Waals surface area (Å²) in [6, 6.07) is 18.1. The van der Waals surface area contributed by atoms with Crippen LogP contribution >= 0.6 is 0 Å². The monoisotopic (exact) mass is 835 g/mol. The van der Waals surface area contributed by atoms with E-state index >= 15 is 0 Å². The van der Waals surface area contributed by atoms with Crippen molar-refractivity contribution in [1.29, 1.82) is 0 Å². The summed E-state index contributed by atoms with van der Waals surface area (Å²) in [4.78, 5) is 53.1. The molecule has 3 aromatic carbocycles. The van der Waals surface area contributed by atoms with Crippen LogP contribution in [-0.4, -0.2) is 131 Å². The summed E-state index contributed by atoms with van der Waals surface area (Å²) in [5, 5.41) is 16.3. The predicted molar refractivity (Wildman–Crippen MR) is 233 cm³/mol. The van der Waals surface area contributed by atoms with Gasteiger partial charge in [-0.3, -0.25) is 19.3 Å². The van der Waals surface area contributed by atoms with E-state index in [4.69, 9.17) is 14.2 Å². The van der Waals surface area contributed by atoms with Crippen molar-refractivity contribution < 1.29 is 33.7 Å². The van der Waals surface area contributed by atoms with E-state index in [2.05, 4.69) is 54.7 Å². The molecule has 0 unspecified atom stereocenters. The van der Waals surface area contributed by atoms with Crippen LogP contribution in [0.3, 0.4) is 0 Å². The fraction of sp³-hybridized carbons (Fsp3) is 0.532. The number of hydrogen-bond donors (Lipinski definition) is 4. The van der Waals surface area contributed by atoms with Crippen LogP contribution < -0.4 is 15.4 Å².